The Morgan fingerprint density at radius 2 is 1.73 bits per heavy atom. The van der Waals surface area contributed by atoms with Crippen molar-refractivity contribution < 1.29 is 34.0 Å². The number of hydrogen-bond donors (Lipinski definition) is 2. The number of morpholine rings is 1. The van der Waals surface area contributed by atoms with Crippen LogP contribution in [0.1, 0.15) is 107 Å². The number of ether oxygens (including phenoxy) is 4. The number of fused-ring (bicyclic) bond motifs is 4. The molecule has 1 unspecified atom stereocenters. The van der Waals surface area contributed by atoms with Crippen molar-refractivity contribution >= 4 is 5.97 Å². The quantitative estimate of drug-likeness (QED) is 0.401. The van der Waals surface area contributed by atoms with Crippen LogP contribution in [0.4, 0.5) is 0 Å². The van der Waals surface area contributed by atoms with Gasteiger partial charge in [0, 0.05) is 25.4 Å². The van der Waals surface area contributed by atoms with Gasteiger partial charge < -0.3 is 29.2 Å². The highest BCUT2D eigenvalue weighted by molar-refractivity contribution is 5.66. The zero-order valence-electron chi connectivity index (χ0n) is 29.4. The minimum Gasteiger partial charge on any atom is -0.457 e. The maximum absolute atomic E-state index is 12.5. The van der Waals surface area contributed by atoms with Crippen molar-refractivity contribution in [3.05, 3.63) is 0 Å². The van der Waals surface area contributed by atoms with Crippen LogP contribution in [0.5, 0.6) is 0 Å². The first-order valence-electron chi connectivity index (χ1n) is 18.1. The Morgan fingerprint density at radius 3 is 2.40 bits per heavy atom. The van der Waals surface area contributed by atoms with Gasteiger partial charge in [-0.15, -0.1) is 0 Å². The van der Waals surface area contributed by atoms with Crippen LogP contribution in [0.25, 0.3) is 0 Å². The first-order chi connectivity index (χ1) is 20.9. The Balaban J connectivity index is 1.15. The van der Waals surface area contributed by atoms with E-state index in [0.29, 0.717) is 23.7 Å². The number of likely N-dealkylation sites (N-methyl/N-ethyl adjacent to an activating group) is 1. The van der Waals surface area contributed by atoms with E-state index in [1.54, 1.807) is 13.8 Å². The Labute approximate surface area is 271 Å². The van der Waals surface area contributed by atoms with E-state index in [1.807, 2.05) is 0 Å². The van der Waals surface area contributed by atoms with Crippen molar-refractivity contribution in [2.45, 2.75) is 149 Å². The first-order valence-corrected chi connectivity index (χ1v) is 18.1. The van der Waals surface area contributed by atoms with Gasteiger partial charge in [-0.2, -0.15) is 0 Å². The van der Waals surface area contributed by atoms with Gasteiger partial charge in [0.05, 0.1) is 36.6 Å². The Kier molecular flexibility index (Phi) is 7.55. The molecule has 0 aromatic rings. The van der Waals surface area contributed by atoms with Gasteiger partial charge in [-0.25, -0.2) is 0 Å². The summed E-state index contributed by atoms with van der Waals surface area (Å²) in [5.74, 6) is 1.16. The van der Waals surface area contributed by atoms with Gasteiger partial charge in [0.15, 0.2) is 12.4 Å². The molecular weight excluding hydrogens is 570 g/mol. The van der Waals surface area contributed by atoms with Gasteiger partial charge in [-0.1, -0.05) is 34.6 Å². The summed E-state index contributed by atoms with van der Waals surface area (Å²) in [7, 11) is 2.15. The molecule has 2 N–H and O–H groups in total. The van der Waals surface area contributed by atoms with E-state index >= 15 is 0 Å². The lowest BCUT2D eigenvalue weighted by Gasteiger charge is -2.64. The second-order valence-electron chi connectivity index (χ2n) is 18.4. The number of carbonyl (C=O) groups is 1. The summed E-state index contributed by atoms with van der Waals surface area (Å²) >= 11 is 0. The molecule has 2 heterocycles. The maximum atomic E-state index is 12.5. The van der Waals surface area contributed by atoms with E-state index in [4.69, 9.17) is 18.9 Å². The molecule has 7 fully saturated rings. The van der Waals surface area contributed by atoms with Crippen molar-refractivity contribution in [3.8, 4) is 0 Å². The predicted molar refractivity (Wildman–Crippen MR) is 170 cm³/mol. The average molecular weight is 632 g/mol. The second-order valence-corrected chi connectivity index (χ2v) is 18.4. The number of hydrogen-bond acceptors (Lipinski definition) is 8. The van der Waals surface area contributed by atoms with E-state index in [2.05, 4.69) is 46.6 Å². The number of nitrogens with zero attached hydrogens (tertiary/aromatic N) is 1. The molecule has 7 rings (SSSR count). The molecule has 5 aliphatic carbocycles. The van der Waals surface area contributed by atoms with Gasteiger partial charge in [-0.3, -0.25) is 9.69 Å². The summed E-state index contributed by atoms with van der Waals surface area (Å²) < 4.78 is 25.4. The summed E-state index contributed by atoms with van der Waals surface area (Å²) in [6.07, 6.45) is 6.89. The normalized spacial score (nSPS) is 52.8. The largest absolute Gasteiger partial charge is 0.457 e. The van der Waals surface area contributed by atoms with Gasteiger partial charge >= 0.3 is 5.97 Å². The highest BCUT2D eigenvalue weighted by Gasteiger charge is 2.84. The highest BCUT2D eigenvalue weighted by atomic mass is 16.7. The molecular formula is C37H61NO7. The van der Waals surface area contributed by atoms with Crippen LogP contribution >= 0.6 is 0 Å². The topological polar surface area (TPSA) is 97.7 Å². The van der Waals surface area contributed by atoms with Crippen molar-refractivity contribution in [1.82, 2.24) is 4.90 Å². The predicted octanol–water partition coefficient (Wildman–Crippen LogP) is 5.18. The third-order valence-corrected chi connectivity index (χ3v) is 15.6. The number of rotatable bonds is 5. The minimum absolute atomic E-state index is 0.0418. The number of aliphatic hydroxyl groups is 2. The van der Waals surface area contributed by atoms with E-state index < -0.39 is 29.9 Å². The molecule has 14 atom stereocenters. The molecule has 2 saturated heterocycles. The van der Waals surface area contributed by atoms with Gasteiger partial charge in [-0.05, 0) is 118 Å². The van der Waals surface area contributed by atoms with Crippen LogP contribution in [0.15, 0.2) is 0 Å². The van der Waals surface area contributed by atoms with Gasteiger partial charge in [0.1, 0.15) is 0 Å². The molecule has 2 aliphatic heterocycles. The lowest BCUT2D eigenvalue weighted by atomic mass is 9.41. The molecule has 256 valence electrons. The standard InChI is InChI=1S/C37H61NO7/c1-21-18-23(31(33(5,6)41)43-22(2)39)44-29-28(21)34(7)14-15-37-20-36(37)13-12-26(45-27-19-38(9)16-17-42-27)32(3,4)24(36)10-11-25(37)35(34,8)30(29)40/h21,23-31,40-41H,10-20H2,1-9H3/t21-,23-,24+,25+,26+,27+,28+,29+,30+,31+,34-,35-,36?,37+/m1/s1. The molecule has 8 nitrogen and oxygen atoms in total. The Hall–Kier alpha value is -0.770. The van der Waals surface area contributed by atoms with Crippen molar-refractivity contribution in [2.75, 3.05) is 26.7 Å². The number of aliphatic hydroxyl groups excluding tert-OH is 1. The zero-order valence-corrected chi connectivity index (χ0v) is 29.4. The fourth-order valence-electron chi connectivity index (χ4n) is 13.6. The minimum atomic E-state index is -1.25. The van der Waals surface area contributed by atoms with Crippen molar-refractivity contribution in [2.24, 2.45) is 50.7 Å². The van der Waals surface area contributed by atoms with Crippen LogP contribution in [0.2, 0.25) is 0 Å². The first kappa shape index (κ1) is 32.8. The van der Waals surface area contributed by atoms with Crippen LogP contribution in [-0.4, -0.2) is 90.2 Å². The molecule has 0 bridgehead atoms. The Morgan fingerprint density at radius 1 is 1.04 bits per heavy atom. The third-order valence-electron chi connectivity index (χ3n) is 15.6. The van der Waals surface area contributed by atoms with Crippen LogP contribution in [-0.2, 0) is 23.7 Å². The van der Waals surface area contributed by atoms with Crippen molar-refractivity contribution in [1.29, 1.82) is 0 Å². The van der Waals surface area contributed by atoms with E-state index in [-0.39, 0.29) is 52.0 Å². The molecule has 45 heavy (non-hydrogen) atoms. The molecule has 0 radical (unpaired) electrons. The smallest absolute Gasteiger partial charge is 0.303 e. The monoisotopic (exact) mass is 631 g/mol. The summed E-state index contributed by atoms with van der Waals surface area (Å²) in [5, 5.41) is 23.5. The third kappa shape index (κ3) is 4.40. The van der Waals surface area contributed by atoms with Gasteiger partial charge in [0.25, 0.3) is 0 Å². The molecule has 0 aromatic carbocycles. The van der Waals surface area contributed by atoms with E-state index in [1.165, 1.54) is 32.6 Å². The lowest BCUT2D eigenvalue weighted by Crippen LogP contribution is -2.60. The van der Waals surface area contributed by atoms with Crippen molar-refractivity contribution in [3.63, 3.8) is 0 Å². The lowest BCUT2D eigenvalue weighted by molar-refractivity contribution is -0.247. The van der Waals surface area contributed by atoms with Crippen LogP contribution in [0.3, 0.4) is 0 Å². The second kappa shape index (κ2) is 10.4. The molecule has 0 aromatic heterocycles. The summed E-state index contributed by atoms with van der Waals surface area (Å²) in [4.78, 5) is 14.4. The molecule has 7 aliphatic rings. The Bertz CT molecular complexity index is 1190. The zero-order chi connectivity index (χ0) is 32.5. The molecule has 5 saturated carbocycles. The summed E-state index contributed by atoms with van der Waals surface area (Å²) in [6, 6.07) is 0. The molecule has 2 spiro atoms. The molecule has 8 heteroatoms. The van der Waals surface area contributed by atoms with Gasteiger partial charge in [0.2, 0.25) is 0 Å². The highest BCUT2D eigenvalue weighted by Crippen LogP contribution is 2.89. The van der Waals surface area contributed by atoms with Crippen LogP contribution < -0.4 is 0 Å². The molecule has 0 amide bonds. The fourth-order valence-corrected chi connectivity index (χ4v) is 13.6. The van der Waals surface area contributed by atoms with E-state index in [9.17, 15) is 15.0 Å². The average Bonchev–Trinajstić information content (AvgIpc) is 3.57. The SMILES string of the molecule is CC(=O)O[C@@H]([C@H]1C[C@@H](C)[C@H]2[C@H](O1)[C@H](O)[C@@]1(C)[C@@H]3CC[C@H]4C(C)(C)[C@@H](O[C@H]5CN(C)CCO5)CCC45C[C@@]35CC[C@]21C)C(C)(C)O. The van der Waals surface area contributed by atoms with E-state index in [0.717, 1.165) is 39.0 Å². The maximum Gasteiger partial charge on any atom is 0.303 e. The van der Waals surface area contributed by atoms with Crippen LogP contribution in [0, 0.1) is 50.7 Å². The summed E-state index contributed by atoms with van der Waals surface area (Å²) in [5.41, 5.74) is -0.869. The fraction of sp³-hybridized carbons (Fsp3) is 0.973. The number of carbonyl (C=O) groups excluding carboxylic acids is 1. The summed E-state index contributed by atoms with van der Waals surface area (Å²) in [6.45, 7) is 19.4. The number of esters is 1.